The Morgan fingerprint density at radius 1 is 1.16 bits per heavy atom. The van der Waals surface area contributed by atoms with Crippen molar-refractivity contribution < 1.29 is 14.3 Å². The van der Waals surface area contributed by atoms with E-state index < -0.39 is 6.09 Å². The van der Waals surface area contributed by atoms with Crippen molar-refractivity contribution in [1.29, 1.82) is 0 Å². The van der Waals surface area contributed by atoms with Crippen molar-refractivity contribution >= 4 is 17.7 Å². The summed E-state index contributed by atoms with van der Waals surface area (Å²) in [6.07, 6.45) is 0.369. The van der Waals surface area contributed by atoms with Gasteiger partial charge < -0.3 is 19.7 Å². The highest BCUT2D eigenvalue weighted by Gasteiger charge is 2.12. The first kappa shape index (κ1) is 19.1. The van der Waals surface area contributed by atoms with Crippen LogP contribution >= 0.6 is 11.6 Å². The number of carbonyl (C=O) groups is 1. The average molecular weight is 363 g/mol. The molecule has 6 heteroatoms. The smallest absolute Gasteiger partial charge is 0.414 e. The van der Waals surface area contributed by atoms with Gasteiger partial charge in [0.15, 0.2) is 0 Å². The summed E-state index contributed by atoms with van der Waals surface area (Å²) < 4.78 is 11.1. The van der Waals surface area contributed by atoms with Gasteiger partial charge in [-0.3, -0.25) is 0 Å². The van der Waals surface area contributed by atoms with E-state index in [1.807, 2.05) is 37.4 Å². The van der Waals surface area contributed by atoms with E-state index in [0.29, 0.717) is 17.4 Å². The van der Waals surface area contributed by atoms with Gasteiger partial charge in [-0.15, -0.1) is 0 Å². The number of hydrogen-bond donors (Lipinski definition) is 1. The number of hydrogen-bond acceptors (Lipinski definition) is 4. The summed E-state index contributed by atoms with van der Waals surface area (Å²) in [7, 11) is 5.19. The highest BCUT2D eigenvalue weighted by Crippen LogP contribution is 2.23. The predicted octanol–water partition coefficient (Wildman–Crippen LogP) is 4.13. The molecule has 0 aromatic heterocycles. The van der Waals surface area contributed by atoms with Crippen LogP contribution in [0.1, 0.15) is 18.0 Å². The number of halogens is 1. The molecule has 1 N–H and O–H groups in total. The summed E-state index contributed by atoms with van der Waals surface area (Å²) in [6, 6.07) is 14.9. The predicted molar refractivity (Wildman–Crippen MR) is 99.5 cm³/mol. The molecule has 134 valence electrons. The van der Waals surface area contributed by atoms with Crippen LogP contribution in [0, 0.1) is 0 Å². The van der Waals surface area contributed by atoms with E-state index >= 15 is 0 Å². The molecule has 0 saturated heterocycles. The maximum Gasteiger partial charge on any atom is 0.414 e. The Kier molecular flexibility index (Phi) is 7.10. The third-order valence-electron chi connectivity index (χ3n) is 3.67. The number of nitrogens with one attached hydrogen (secondary N) is 1. The molecule has 25 heavy (non-hydrogen) atoms. The Labute approximate surface area is 153 Å². The fourth-order valence-corrected chi connectivity index (χ4v) is 2.42. The molecule has 2 rings (SSSR count). The van der Waals surface area contributed by atoms with Gasteiger partial charge in [-0.05, 0) is 49.0 Å². The molecule has 1 unspecified atom stereocenters. The molecule has 0 fully saturated rings. The fraction of sp³-hybridized carbons (Fsp3) is 0.316. The lowest BCUT2D eigenvalue weighted by atomic mass is 10.0. The summed E-state index contributed by atoms with van der Waals surface area (Å²) in [5, 5.41) is 3.95. The van der Waals surface area contributed by atoms with Gasteiger partial charge in [0, 0.05) is 31.6 Å². The maximum absolute atomic E-state index is 11.7. The summed E-state index contributed by atoms with van der Waals surface area (Å²) in [5.41, 5.74) is 1.03. The quantitative estimate of drug-likeness (QED) is 0.804. The minimum atomic E-state index is -0.399. The summed E-state index contributed by atoms with van der Waals surface area (Å²) in [5.74, 6) is 1.31. The van der Waals surface area contributed by atoms with Gasteiger partial charge in [0.05, 0.1) is 6.61 Å². The molecule has 1 amide bonds. The average Bonchev–Trinajstić information content (AvgIpc) is 2.60. The number of carbonyl (C=O) groups excluding carboxylic acids is 1. The molecule has 1 atom stereocenters. The standard InChI is InChI=1S/C19H23ClN2O3/c1-21-18(11-12-24-16-9-7-15(20)8-10-16)14-5-4-6-17(13-14)25-19(23)22(2)3/h4-10,13,18,21H,11-12H2,1-3H3. The van der Waals surface area contributed by atoms with E-state index in [4.69, 9.17) is 21.1 Å². The van der Waals surface area contributed by atoms with Crippen LogP contribution in [0.4, 0.5) is 4.79 Å². The SMILES string of the molecule is CNC(CCOc1ccc(Cl)cc1)c1cccc(OC(=O)N(C)C)c1. The third-order valence-corrected chi connectivity index (χ3v) is 3.92. The molecule has 0 saturated carbocycles. The van der Waals surface area contributed by atoms with Crippen molar-refractivity contribution in [2.24, 2.45) is 0 Å². The molecule has 2 aromatic carbocycles. The van der Waals surface area contributed by atoms with Crippen LogP contribution in [0.25, 0.3) is 0 Å². The van der Waals surface area contributed by atoms with Crippen LogP contribution in [0.15, 0.2) is 48.5 Å². The second-order valence-electron chi connectivity index (χ2n) is 5.77. The van der Waals surface area contributed by atoms with Crippen molar-refractivity contribution in [2.75, 3.05) is 27.7 Å². The van der Waals surface area contributed by atoms with Gasteiger partial charge in [-0.2, -0.15) is 0 Å². The Bertz CT molecular complexity index is 689. The molecule has 0 radical (unpaired) electrons. The number of benzene rings is 2. The third kappa shape index (κ3) is 5.96. The van der Waals surface area contributed by atoms with Gasteiger partial charge in [-0.25, -0.2) is 4.79 Å². The number of nitrogens with zero attached hydrogens (tertiary/aromatic N) is 1. The van der Waals surface area contributed by atoms with Crippen LogP contribution < -0.4 is 14.8 Å². The molecule has 0 aliphatic rings. The summed E-state index contributed by atoms with van der Waals surface area (Å²) in [4.78, 5) is 13.1. The largest absolute Gasteiger partial charge is 0.494 e. The Morgan fingerprint density at radius 2 is 1.88 bits per heavy atom. The van der Waals surface area contributed by atoms with E-state index in [1.165, 1.54) is 4.90 Å². The van der Waals surface area contributed by atoms with Crippen LogP contribution in [-0.4, -0.2) is 38.7 Å². The minimum Gasteiger partial charge on any atom is -0.494 e. The zero-order chi connectivity index (χ0) is 18.2. The fourth-order valence-electron chi connectivity index (χ4n) is 2.29. The molecule has 0 bridgehead atoms. The molecule has 2 aromatic rings. The monoisotopic (exact) mass is 362 g/mol. The van der Waals surface area contributed by atoms with Crippen molar-refractivity contribution in [1.82, 2.24) is 10.2 Å². The van der Waals surface area contributed by atoms with E-state index in [-0.39, 0.29) is 6.04 Å². The lowest BCUT2D eigenvalue weighted by Gasteiger charge is -2.18. The molecule has 0 aliphatic heterocycles. The van der Waals surface area contributed by atoms with Crippen LogP contribution in [0.3, 0.4) is 0 Å². The Morgan fingerprint density at radius 3 is 2.52 bits per heavy atom. The van der Waals surface area contributed by atoms with Gasteiger partial charge in [-0.1, -0.05) is 23.7 Å². The van der Waals surface area contributed by atoms with Crippen molar-refractivity contribution in [3.05, 3.63) is 59.1 Å². The van der Waals surface area contributed by atoms with Gasteiger partial charge in [0.25, 0.3) is 0 Å². The van der Waals surface area contributed by atoms with Gasteiger partial charge in [0.1, 0.15) is 11.5 Å². The lowest BCUT2D eigenvalue weighted by molar-refractivity contribution is 0.172. The molecule has 0 spiro atoms. The number of ether oxygens (including phenoxy) is 2. The molecule has 5 nitrogen and oxygen atoms in total. The topological polar surface area (TPSA) is 50.8 Å². The zero-order valence-electron chi connectivity index (χ0n) is 14.7. The molecule has 0 heterocycles. The second kappa shape index (κ2) is 9.30. The maximum atomic E-state index is 11.7. The van der Waals surface area contributed by atoms with Crippen molar-refractivity contribution in [3.8, 4) is 11.5 Å². The molecular formula is C19H23ClN2O3. The first-order chi connectivity index (χ1) is 12.0. The van der Waals surface area contributed by atoms with Crippen LogP contribution in [0.2, 0.25) is 5.02 Å². The normalized spacial score (nSPS) is 11.7. The highest BCUT2D eigenvalue weighted by molar-refractivity contribution is 6.30. The zero-order valence-corrected chi connectivity index (χ0v) is 15.4. The second-order valence-corrected chi connectivity index (χ2v) is 6.20. The van der Waals surface area contributed by atoms with Gasteiger partial charge in [0.2, 0.25) is 0 Å². The molecule has 0 aliphatic carbocycles. The van der Waals surface area contributed by atoms with Gasteiger partial charge >= 0.3 is 6.09 Å². The van der Waals surface area contributed by atoms with E-state index in [1.54, 1.807) is 32.3 Å². The van der Waals surface area contributed by atoms with Crippen molar-refractivity contribution in [2.45, 2.75) is 12.5 Å². The van der Waals surface area contributed by atoms with Crippen LogP contribution in [-0.2, 0) is 0 Å². The van der Waals surface area contributed by atoms with Crippen molar-refractivity contribution in [3.63, 3.8) is 0 Å². The lowest BCUT2D eigenvalue weighted by Crippen LogP contribution is -2.25. The minimum absolute atomic E-state index is 0.0882. The Hall–Kier alpha value is -2.24. The van der Waals surface area contributed by atoms with Crippen LogP contribution in [0.5, 0.6) is 11.5 Å². The summed E-state index contributed by atoms with van der Waals surface area (Å²) >= 11 is 5.86. The number of amides is 1. The number of rotatable bonds is 7. The van der Waals surface area contributed by atoms with E-state index in [2.05, 4.69) is 5.32 Å². The molecular weight excluding hydrogens is 340 g/mol. The van der Waals surface area contributed by atoms with E-state index in [9.17, 15) is 4.79 Å². The van der Waals surface area contributed by atoms with E-state index in [0.717, 1.165) is 17.7 Å². The first-order valence-corrected chi connectivity index (χ1v) is 8.42. The highest BCUT2D eigenvalue weighted by atomic mass is 35.5. The first-order valence-electron chi connectivity index (χ1n) is 8.04. The summed E-state index contributed by atoms with van der Waals surface area (Å²) in [6.45, 7) is 0.550. The Balaban J connectivity index is 1.95.